The maximum Gasteiger partial charge on any atom is 0.270 e. The third kappa shape index (κ3) is 5.02. The summed E-state index contributed by atoms with van der Waals surface area (Å²) in [7, 11) is 0. The Morgan fingerprint density at radius 3 is 2.30 bits per heavy atom. The van der Waals surface area contributed by atoms with Crippen LogP contribution in [0, 0.1) is 17.6 Å². The molecule has 3 amide bonds. The Labute approximate surface area is 191 Å². The number of amides is 3. The number of piperazine rings is 1. The molecule has 0 bridgehead atoms. The summed E-state index contributed by atoms with van der Waals surface area (Å²) in [5.41, 5.74) is 0.609. The lowest BCUT2D eigenvalue weighted by atomic mass is 9.83. The van der Waals surface area contributed by atoms with Gasteiger partial charge in [-0.1, -0.05) is 26.2 Å². The minimum atomic E-state index is -0.974. The first-order valence-electron chi connectivity index (χ1n) is 11.7. The first-order chi connectivity index (χ1) is 15.9. The van der Waals surface area contributed by atoms with Gasteiger partial charge in [-0.05, 0) is 30.9 Å². The summed E-state index contributed by atoms with van der Waals surface area (Å²) < 4.78 is 27.0. The molecule has 7 nitrogen and oxygen atoms in total. The van der Waals surface area contributed by atoms with Gasteiger partial charge in [0.2, 0.25) is 11.8 Å². The molecule has 2 fully saturated rings. The van der Waals surface area contributed by atoms with Gasteiger partial charge in [-0.25, -0.2) is 8.78 Å². The predicted octanol–water partition coefficient (Wildman–Crippen LogP) is 3.21. The van der Waals surface area contributed by atoms with E-state index in [0.29, 0.717) is 43.5 Å². The molecule has 2 aromatic rings. The first kappa shape index (κ1) is 23.2. The molecule has 33 heavy (non-hydrogen) atoms. The van der Waals surface area contributed by atoms with Gasteiger partial charge in [0.15, 0.2) is 11.6 Å². The number of aromatic amines is 1. The minimum Gasteiger partial charge on any atom is -0.350 e. The smallest absolute Gasteiger partial charge is 0.270 e. The standard InChI is InChI=1S/C24H30F2N4O3/c1-2-21(31)28-22(15-6-4-3-5-7-15)24(33)30-10-8-29(9-11-30)23(32)20-13-16-12-17(25)18(26)14-19(16)27-20/h12-15,22,27H,2-11H2,1H3,(H,28,31)/t22-/m0/s1. The highest BCUT2D eigenvalue weighted by atomic mass is 19.2. The topological polar surface area (TPSA) is 85.5 Å². The van der Waals surface area contributed by atoms with Crippen molar-refractivity contribution in [1.82, 2.24) is 20.1 Å². The lowest BCUT2D eigenvalue weighted by Crippen LogP contribution is -2.57. The van der Waals surface area contributed by atoms with Crippen LogP contribution in [-0.4, -0.2) is 64.7 Å². The number of H-pyrrole nitrogens is 1. The zero-order valence-corrected chi connectivity index (χ0v) is 18.8. The highest BCUT2D eigenvalue weighted by Crippen LogP contribution is 2.28. The summed E-state index contributed by atoms with van der Waals surface area (Å²) in [5, 5.41) is 3.36. The van der Waals surface area contributed by atoms with E-state index >= 15 is 0 Å². The van der Waals surface area contributed by atoms with Gasteiger partial charge in [-0.2, -0.15) is 0 Å². The summed E-state index contributed by atoms with van der Waals surface area (Å²) in [6, 6.07) is 3.09. The SMILES string of the molecule is CCC(=O)N[C@H](C(=O)N1CCN(C(=O)c2cc3cc(F)c(F)cc3[nH]2)CC1)C1CCCCC1. The van der Waals surface area contributed by atoms with Crippen LogP contribution in [0.15, 0.2) is 18.2 Å². The number of hydrogen-bond acceptors (Lipinski definition) is 3. The number of rotatable bonds is 5. The van der Waals surface area contributed by atoms with Crippen LogP contribution in [0.1, 0.15) is 55.9 Å². The second-order valence-electron chi connectivity index (χ2n) is 8.95. The minimum absolute atomic E-state index is 0.0765. The van der Waals surface area contributed by atoms with E-state index in [1.165, 1.54) is 6.07 Å². The van der Waals surface area contributed by atoms with Gasteiger partial charge in [0.1, 0.15) is 11.7 Å². The number of aromatic nitrogens is 1. The monoisotopic (exact) mass is 460 g/mol. The fraction of sp³-hybridized carbons (Fsp3) is 0.542. The Morgan fingerprint density at radius 1 is 1.00 bits per heavy atom. The molecule has 2 aliphatic rings. The summed E-state index contributed by atoms with van der Waals surface area (Å²) in [6.45, 7) is 3.22. The van der Waals surface area contributed by atoms with Gasteiger partial charge >= 0.3 is 0 Å². The third-order valence-corrected chi connectivity index (χ3v) is 6.80. The van der Waals surface area contributed by atoms with E-state index < -0.39 is 17.7 Å². The quantitative estimate of drug-likeness (QED) is 0.719. The number of benzene rings is 1. The second-order valence-corrected chi connectivity index (χ2v) is 8.95. The molecule has 178 valence electrons. The number of fused-ring (bicyclic) bond motifs is 1. The van der Waals surface area contributed by atoms with Gasteiger partial charge in [-0.15, -0.1) is 0 Å². The molecule has 4 rings (SSSR count). The van der Waals surface area contributed by atoms with E-state index in [9.17, 15) is 23.2 Å². The van der Waals surface area contributed by atoms with Crippen molar-refractivity contribution >= 4 is 28.6 Å². The van der Waals surface area contributed by atoms with Gasteiger partial charge in [0.25, 0.3) is 5.91 Å². The molecular formula is C24H30F2N4O3. The summed E-state index contributed by atoms with van der Waals surface area (Å²) in [4.78, 5) is 44.5. The number of carbonyl (C=O) groups is 3. The molecule has 2 heterocycles. The number of halogens is 2. The van der Waals surface area contributed by atoms with Crippen molar-refractivity contribution in [3.05, 3.63) is 35.5 Å². The van der Waals surface area contributed by atoms with Crippen molar-refractivity contribution < 1.29 is 23.2 Å². The lowest BCUT2D eigenvalue weighted by molar-refractivity contribution is -0.139. The van der Waals surface area contributed by atoms with Crippen LogP contribution in [0.4, 0.5) is 8.78 Å². The summed E-state index contributed by atoms with van der Waals surface area (Å²) in [5.74, 6) is -2.27. The summed E-state index contributed by atoms with van der Waals surface area (Å²) in [6.07, 6.45) is 5.49. The van der Waals surface area contributed by atoms with E-state index in [0.717, 1.165) is 44.2 Å². The molecule has 0 unspecified atom stereocenters. The van der Waals surface area contributed by atoms with Gasteiger partial charge in [0, 0.05) is 49.6 Å². The molecule has 1 aliphatic carbocycles. The van der Waals surface area contributed by atoms with Crippen LogP contribution in [-0.2, 0) is 9.59 Å². The van der Waals surface area contributed by atoms with Crippen molar-refractivity contribution in [3.8, 4) is 0 Å². The number of hydrogen-bond donors (Lipinski definition) is 2. The average molecular weight is 461 g/mol. The van der Waals surface area contributed by atoms with Gasteiger partial charge in [-0.3, -0.25) is 14.4 Å². The molecule has 0 radical (unpaired) electrons. The molecule has 2 N–H and O–H groups in total. The average Bonchev–Trinajstić information content (AvgIpc) is 3.25. The van der Waals surface area contributed by atoms with Crippen LogP contribution in [0.25, 0.3) is 10.9 Å². The molecule has 0 spiro atoms. The Morgan fingerprint density at radius 2 is 1.64 bits per heavy atom. The number of carbonyl (C=O) groups excluding carboxylic acids is 3. The van der Waals surface area contributed by atoms with Crippen molar-refractivity contribution in [2.24, 2.45) is 5.92 Å². The first-order valence-corrected chi connectivity index (χ1v) is 11.7. The molecular weight excluding hydrogens is 430 g/mol. The fourth-order valence-corrected chi connectivity index (χ4v) is 4.86. The van der Waals surface area contributed by atoms with E-state index in [4.69, 9.17) is 0 Å². The maximum atomic E-state index is 13.5. The molecule has 1 saturated carbocycles. The van der Waals surface area contributed by atoms with Crippen LogP contribution in [0.5, 0.6) is 0 Å². The molecule has 1 aliphatic heterocycles. The van der Waals surface area contributed by atoms with Crippen molar-refractivity contribution in [1.29, 1.82) is 0 Å². The Bertz CT molecular complexity index is 1000. The number of nitrogens with zero attached hydrogens (tertiary/aromatic N) is 2. The van der Waals surface area contributed by atoms with Gasteiger partial charge in [0.05, 0.1) is 0 Å². The molecule has 1 saturated heterocycles. The predicted molar refractivity (Wildman–Crippen MR) is 119 cm³/mol. The van der Waals surface area contributed by atoms with Crippen LogP contribution in [0.2, 0.25) is 0 Å². The largest absolute Gasteiger partial charge is 0.350 e. The van der Waals surface area contributed by atoms with Gasteiger partial charge < -0.3 is 20.1 Å². The second kappa shape index (κ2) is 9.89. The molecule has 1 aromatic carbocycles. The third-order valence-electron chi connectivity index (χ3n) is 6.80. The fourth-order valence-electron chi connectivity index (χ4n) is 4.86. The highest BCUT2D eigenvalue weighted by Gasteiger charge is 2.35. The van der Waals surface area contributed by atoms with E-state index in [1.807, 2.05) is 0 Å². The summed E-state index contributed by atoms with van der Waals surface area (Å²) >= 11 is 0. The van der Waals surface area contributed by atoms with Crippen molar-refractivity contribution in [3.63, 3.8) is 0 Å². The molecule has 1 atom stereocenters. The number of nitrogens with one attached hydrogen (secondary N) is 2. The van der Waals surface area contributed by atoms with Crippen molar-refractivity contribution in [2.45, 2.75) is 51.5 Å². The molecule has 1 aromatic heterocycles. The normalized spacial score (nSPS) is 18.4. The van der Waals surface area contributed by atoms with E-state index in [2.05, 4.69) is 10.3 Å². The maximum absolute atomic E-state index is 13.5. The van der Waals surface area contributed by atoms with E-state index in [-0.39, 0.29) is 29.3 Å². The Hall–Kier alpha value is -2.97. The Kier molecular flexibility index (Phi) is 6.95. The zero-order chi connectivity index (χ0) is 23.5. The molecule has 9 heteroatoms. The zero-order valence-electron chi connectivity index (χ0n) is 18.8. The Balaban J connectivity index is 1.41. The highest BCUT2D eigenvalue weighted by molar-refractivity contribution is 5.98. The van der Waals surface area contributed by atoms with Crippen LogP contribution >= 0.6 is 0 Å². The lowest BCUT2D eigenvalue weighted by Gasteiger charge is -2.38. The van der Waals surface area contributed by atoms with Crippen LogP contribution < -0.4 is 5.32 Å². The van der Waals surface area contributed by atoms with Crippen molar-refractivity contribution in [2.75, 3.05) is 26.2 Å². The van der Waals surface area contributed by atoms with E-state index in [1.54, 1.807) is 16.7 Å². The van der Waals surface area contributed by atoms with Crippen LogP contribution in [0.3, 0.4) is 0 Å².